The number of benzene rings is 9. The van der Waals surface area contributed by atoms with E-state index in [0.717, 1.165) is 21.5 Å². The summed E-state index contributed by atoms with van der Waals surface area (Å²) in [6.45, 7) is 35.5. The summed E-state index contributed by atoms with van der Waals surface area (Å²) in [4.78, 5) is 24.8. The van der Waals surface area contributed by atoms with Crippen molar-refractivity contribution in [1.82, 2.24) is 19.1 Å². The van der Waals surface area contributed by atoms with Gasteiger partial charge in [0.15, 0.2) is 28.6 Å². The van der Waals surface area contributed by atoms with Crippen molar-refractivity contribution in [3.63, 3.8) is 0 Å². The minimum Gasteiger partial charge on any atom is -0.308 e. The molecule has 0 spiro atoms. The average Bonchev–Trinajstić information content (AvgIpc) is 3.60. The lowest BCUT2D eigenvalue weighted by molar-refractivity contribution is 1.05. The van der Waals surface area contributed by atoms with Gasteiger partial charge in [0.1, 0.15) is 11.6 Å². The van der Waals surface area contributed by atoms with Gasteiger partial charge < -0.3 is 9.13 Å². The van der Waals surface area contributed by atoms with Gasteiger partial charge in [0.2, 0.25) is 0 Å². The minimum atomic E-state index is 0.219. The quantitative estimate of drug-likeness (QED) is 0.143. The van der Waals surface area contributed by atoms with Crippen LogP contribution in [-0.4, -0.2) is 19.1 Å². The molecule has 0 radical (unpaired) electrons. The average molecular weight is 1040 g/mol. The third kappa shape index (κ3) is 8.19. The summed E-state index contributed by atoms with van der Waals surface area (Å²) in [6.07, 6.45) is 0. The van der Waals surface area contributed by atoms with E-state index in [1.54, 1.807) is 72.8 Å². The van der Waals surface area contributed by atoms with E-state index in [4.69, 9.17) is 36.3 Å². The maximum atomic E-state index is 12.1. The van der Waals surface area contributed by atoms with Crippen LogP contribution in [0.3, 0.4) is 0 Å². The molecule has 12 aromatic rings. The number of hydrogen-bond donors (Lipinski definition) is 0. The third-order valence-electron chi connectivity index (χ3n) is 14.7. The van der Waals surface area contributed by atoms with E-state index in [9.17, 15) is 26.3 Å². The van der Waals surface area contributed by atoms with Crippen LogP contribution in [0, 0.1) is 96.8 Å². The van der Waals surface area contributed by atoms with Crippen molar-refractivity contribution < 1.29 is 0 Å². The summed E-state index contributed by atoms with van der Waals surface area (Å²) < 4.78 is 4.02. The summed E-state index contributed by atoms with van der Waals surface area (Å²) in [5.41, 5.74) is 13.2. The zero-order valence-electron chi connectivity index (χ0n) is 43.4. The second kappa shape index (κ2) is 19.9. The number of rotatable bonds is 7. The van der Waals surface area contributed by atoms with E-state index in [1.807, 2.05) is 114 Å². The van der Waals surface area contributed by atoms with Crippen LogP contribution in [-0.2, 0) is 0 Å². The first-order chi connectivity index (χ1) is 40.0. The number of hydrogen-bond acceptors (Lipinski definition) is 7. The molecule has 374 valence electrons. The van der Waals surface area contributed by atoms with Crippen molar-refractivity contribution in [2.45, 2.75) is 13.8 Å². The zero-order chi connectivity index (χ0) is 56.9. The van der Waals surface area contributed by atoms with Gasteiger partial charge in [0.05, 0.1) is 95.1 Å². The van der Waals surface area contributed by atoms with Crippen LogP contribution < -0.4 is 0 Å². The molecule has 9 aromatic carbocycles. The summed E-state index contributed by atoms with van der Waals surface area (Å²) in [5, 5.41) is 55.8. The highest BCUT2D eigenvalue weighted by molar-refractivity contribution is 6.14. The lowest BCUT2D eigenvalue weighted by Crippen LogP contribution is -2.06. The minimum absolute atomic E-state index is 0.219. The Morgan fingerprint density at radius 3 is 1.21 bits per heavy atom. The van der Waals surface area contributed by atoms with Gasteiger partial charge in [0, 0.05) is 49.6 Å². The van der Waals surface area contributed by atoms with Crippen LogP contribution in [0.2, 0.25) is 0 Å². The number of aromatic nitrogens is 4. The fourth-order valence-corrected chi connectivity index (χ4v) is 11.1. The Hall–Kier alpha value is -12.9. The summed E-state index contributed by atoms with van der Waals surface area (Å²) >= 11 is 0. The highest BCUT2D eigenvalue weighted by atomic mass is 15.0. The van der Waals surface area contributed by atoms with Crippen LogP contribution in [0.15, 0.2) is 164 Å². The first-order valence-electron chi connectivity index (χ1n) is 25.3. The smallest absolute Gasteiger partial charge is 0.196 e. The van der Waals surface area contributed by atoms with Crippen molar-refractivity contribution in [2.24, 2.45) is 0 Å². The number of nitrogens with zero attached hydrogens (tertiary/aromatic N) is 13. The first-order valence-corrected chi connectivity index (χ1v) is 25.3. The second-order valence-corrected chi connectivity index (χ2v) is 19.4. The molecule has 3 heterocycles. The molecule has 0 aliphatic heterocycles. The lowest BCUT2D eigenvalue weighted by atomic mass is 9.96. The number of fused-ring (bicyclic) bond motifs is 6. The standard InChI is InChI=1S/C69H33N13/c1-39-23-40(2)80-69(79-39)47-31-67(81-63-27-43(52-15-7-41(34-70)24-48(52)36-72)9-17-56(63)57-18-10-44(28-64(57)81)53-21-13-50(75-3)26-49(53)37-73)60(38-74)68(32-47)82-65-29-45(54-16-8-42(35-71)25-61(54)77-5)11-19-58(65)59-20-12-46(30-66(59)82)55-22-14-51(76-4)33-62(55)78-6/h7-33H,1-2H3. The summed E-state index contributed by atoms with van der Waals surface area (Å²) in [7, 11) is 0. The monoisotopic (exact) mass is 1040 g/mol. The Kier molecular flexibility index (Phi) is 12.1. The highest BCUT2D eigenvalue weighted by Crippen LogP contribution is 2.45. The normalized spacial score (nSPS) is 10.7. The van der Waals surface area contributed by atoms with Crippen molar-refractivity contribution in [3.8, 4) is 97.6 Å². The van der Waals surface area contributed by atoms with Crippen molar-refractivity contribution in [1.29, 1.82) is 26.3 Å². The van der Waals surface area contributed by atoms with Gasteiger partial charge >= 0.3 is 0 Å². The van der Waals surface area contributed by atoms with Crippen LogP contribution in [0.25, 0.3) is 130 Å². The molecule has 0 atom stereocenters. The Morgan fingerprint density at radius 2 is 0.768 bits per heavy atom. The zero-order valence-corrected chi connectivity index (χ0v) is 43.4. The number of aryl methyl sites for hydroxylation is 2. The Balaban J connectivity index is 1.25. The van der Waals surface area contributed by atoms with E-state index in [1.165, 1.54) is 0 Å². The molecule has 0 aliphatic rings. The molecule has 82 heavy (non-hydrogen) atoms. The Bertz CT molecular complexity index is 4680. The van der Waals surface area contributed by atoms with Crippen LogP contribution in [0.4, 0.5) is 22.7 Å². The maximum Gasteiger partial charge on any atom is 0.196 e. The highest BCUT2D eigenvalue weighted by Gasteiger charge is 2.26. The molecule has 12 rings (SSSR count). The predicted molar refractivity (Wildman–Crippen MR) is 316 cm³/mol. The maximum absolute atomic E-state index is 12.1. The van der Waals surface area contributed by atoms with Gasteiger partial charge in [-0.1, -0.05) is 91.0 Å². The fourth-order valence-electron chi connectivity index (χ4n) is 11.1. The second-order valence-electron chi connectivity index (χ2n) is 19.4. The Morgan fingerprint density at radius 1 is 0.366 bits per heavy atom. The third-order valence-corrected chi connectivity index (χ3v) is 14.7. The van der Waals surface area contributed by atoms with Gasteiger partial charge in [0.25, 0.3) is 0 Å². The molecule has 0 fully saturated rings. The van der Waals surface area contributed by atoms with E-state index < -0.39 is 0 Å². The molecule has 0 amide bonds. The molecule has 13 nitrogen and oxygen atoms in total. The molecule has 0 bridgehead atoms. The molecule has 0 unspecified atom stereocenters. The Labute approximate surface area is 469 Å². The largest absolute Gasteiger partial charge is 0.308 e. The number of nitriles is 5. The van der Waals surface area contributed by atoms with Gasteiger partial charge in [-0.3, -0.25) is 0 Å². The molecule has 13 heteroatoms. The fraction of sp³-hybridized carbons (Fsp3) is 0.0290. The van der Waals surface area contributed by atoms with Crippen LogP contribution >= 0.6 is 0 Å². The van der Waals surface area contributed by atoms with Crippen molar-refractivity contribution in [2.75, 3.05) is 0 Å². The van der Waals surface area contributed by atoms with Gasteiger partial charge in [-0.2, -0.15) is 26.3 Å². The van der Waals surface area contributed by atoms with Gasteiger partial charge in [-0.05, 0) is 131 Å². The lowest BCUT2D eigenvalue weighted by Gasteiger charge is -2.19. The van der Waals surface area contributed by atoms with Crippen LogP contribution in [0.1, 0.15) is 39.2 Å². The predicted octanol–water partition coefficient (Wildman–Crippen LogP) is 17.2. The SMILES string of the molecule is [C-]#[N+]c1ccc(-c2ccc3c4ccc(-c5ccc(C#N)cc5C#N)cc4n(-c4cc(-c5nc(C)cc(C)n5)cc(-n5c6cc(-c7ccc(C#N)cc7[N+]#[C-])ccc6c6ccc(-c7ccc([N+]#[C-])cc7[N+]#[C-])cc65)c4C#N)c3c2)c(C#N)c1. The molecule has 3 aromatic heterocycles. The first kappa shape index (κ1) is 49.9. The van der Waals surface area contributed by atoms with Gasteiger partial charge in [-0.25, -0.2) is 29.3 Å². The van der Waals surface area contributed by atoms with Crippen molar-refractivity contribution >= 4 is 66.4 Å². The molecule has 0 saturated carbocycles. The van der Waals surface area contributed by atoms with E-state index >= 15 is 0 Å². The topological polar surface area (TPSA) is 172 Å². The molecule has 0 aliphatic carbocycles. The molecular formula is C69H33N13. The van der Waals surface area contributed by atoms with E-state index in [2.05, 4.69) is 49.7 Å². The summed E-state index contributed by atoms with van der Waals surface area (Å²) in [6, 6.07) is 60.6. The van der Waals surface area contributed by atoms with Gasteiger partial charge in [-0.15, -0.1) is 0 Å². The molecule has 0 N–H and O–H groups in total. The summed E-state index contributed by atoms with van der Waals surface area (Å²) in [5.74, 6) is 0.379. The molecular weight excluding hydrogens is 1010 g/mol. The van der Waals surface area contributed by atoms with Crippen LogP contribution in [0.5, 0.6) is 0 Å². The van der Waals surface area contributed by atoms with E-state index in [0.29, 0.717) is 134 Å². The van der Waals surface area contributed by atoms with E-state index in [-0.39, 0.29) is 16.9 Å². The van der Waals surface area contributed by atoms with Crippen molar-refractivity contribution in [3.05, 3.63) is 249 Å². The molecule has 0 saturated heterocycles.